The molecule has 0 saturated carbocycles. The fourth-order valence-electron chi connectivity index (χ4n) is 8.46. The van der Waals surface area contributed by atoms with Gasteiger partial charge >= 0.3 is 0 Å². The maximum atomic E-state index is 7.15. The Bertz CT molecular complexity index is 2110. The predicted octanol–water partition coefficient (Wildman–Crippen LogP) is 10.7. The highest BCUT2D eigenvalue weighted by molar-refractivity contribution is 6.99. The lowest BCUT2D eigenvalue weighted by Gasteiger charge is -2.45. The van der Waals surface area contributed by atoms with Crippen LogP contribution in [0.2, 0.25) is 0 Å². The number of benzene rings is 5. The molecule has 0 aromatic heterocycles. The first kappa shape index (κ1) is 32.0. The Labute approximate surface area is 294 Å². The second-order valence-corrected chi connectivity index (χ2v) is 18.2. The zero-order valence-electron chi connectivity index (χ0n) is 31.1. The molecule has 5 aromatic rings. The van der Waals surface area contributed by atoms with Crippen molar-refractivity contribution in [2.24, 2.45) is 0 Å². The fraction of sp³-hybridized carbons (Fsp3) is 0.348. The molecule has 0 amide bonds. The van der Waals surface area contributed by atoms with Crippen molar-refractivity contribution in [3.05, 3.63) is 119 Å². The van der Waals surface area contributed by atoms with Crippen molar-refractivity contribution in [1.82, 2.24) is 0 Å². The van der Waals surface area contributed by atoms with Crippen LogP contribution in [0.1, 0.15) is 104 Å². The Hall–Kier alpha value is -4.24. The quantitative estimate of drug-likeness (QED) is 0.174. The molecular formula is C46H50BNO. The number of fused-ring (bicyclic) bond motifs is 5. The molecule has 0 N–H and O–H groups in total. The number of nitrogens with zero attached hydrogens (tertiary/aromatic N) is 1. The second-order valence-electron chi connectivity index (χ2n) is 18.2. The van der Waals surface area contributed by atoms with E-state index < -0.39 is 0 Å². The Kier molecular flexibility index (Phi) is 6.94. The molecule has 3 aliphatic rings. The summed E-state index contributed by atoms with van der Waals surface area (Å²) in [5, 5.41) is 0. The SMILES string of the molecule is CC(C)(C)c1ccc(N2c3ccc(C(C)(C)C)cc3B3c4cc5c(cc4Oc4cc(-c6ccccc6)cc2c43)C(C)(C)CCC5(C)C)cc1. The van der Waals surface area contributed by atoms with Gasteiger partial charge in [-0.2, -0.15) is 0 Å². The highest BCUT2D eigenvalue weighted by atomic mass is 16.5. The number of ether oxygens (including phenoxy) is 1. The molecule has 0 radical (unpaired) electrons. The van der Waals surface area contributed by atoms with Gasteiger partial charge in [-0.1, -0.05) is 130 Å². The Morgan fingerprint density at radius 1 is 0.571 bits per heavy atom. The summed E-state index contributed by atoms with van der Waals surface area (Å²) < 4.78 is 7.15. The lowest BCUT2D eigenvalue weighted by Crippen LogP contribution is -2.60. The average molecular weight is 644 g/mol. The standard InChI is InChI=1S/C46H50BNO/c1-43(2,3)31-16-19-33(20-17-31)48-38-21-18-32(44(4,5)6)26-36(38)47-37-27-34-35(46(9,10)23-22-45(34,7)8)28-40(37)49-41-25-30(24-39(48)42(41)47)29-14-12-11-13-15-29/h11-21,24-28H,22-23H2,1-10H3. The van der Waals surface area contributed by atoms with Gasteiger partial charge in [-0.25, -0.2) is 0 Å². The molecule has 1 aliphatic carbocycles. The highest BCUT2D eigenvalue weighted by Gasteiger charge is 2.45. The van der Waals surface area contributed by atoms with Gasteiger partial charge in [0.2, 0.25) is 0 Å². The molecule has 0 saturated heterocycles. The number of rotatable bonds is 2. The molecule has 248 valence electrons. The summed E-state index contributed by atoms with van der Waals surface area (Å²) in [7, 11) is 0. The first-order valence-corrected chi connectivity index (χ1v) is 18.2. The number of anilines is 3. The van der Waals surface area contributed by atoms with E-state index in [0.29, 0.717) is 0 Å². The van der Waals surface area contributed by atoms with Crippen molar-refractivity contribution in [1.29, 1.82) is 0 Å². The predicted molar refractivity (Wildman–Crippen MR) is 210 cm³/mol. The molecular weight excluding hydrogens is 593 g/mol. The van der Waals surface area contributed by atoms with Gasteiger partial charge in [-0.05, 0) is 121 Å². The van der Waals surface area contributed by atoms with Crippen LogP contribution < -0.4 is 26.0 Å². The van der Waals surface area contributed by atoms with Gasteiger partial charge in [-0.3, -0.25) is 0 Å². The van der Waals surface area contributed by atoms with Crippen LogP contribution in [0.25, 0.3) is 11.1 Å². The molecule has 2 nitrogen and oxygen atoms in total. The zero-order chi connectivity index (χ0) is 34.7. The molecule has 2 aliphatic heterocycles. The summed E-state index contributed by atoms with van der Waals surface area (Å²) in [6.07, 6.45) is 2.36. The van der Waals surface area contributed by atoms with Gasteiger partial charge in [0.1, 0.15) is 11.5 Å². The van der Waals surface area contributed by atoms with Gasteiger partial charge in [0, 0.05) is 17.1 Å². The Balaban J connectivity index is 1.45. The van der Waals surface area contributed by atoms with Gasteiger partial charge in [0.05, 0.1) is 0 Å². The summed E-state index contributed by atoms with van der Waals surface area (Å²) >= 11 is 0. The van der Waals surface area contributed by atoms with Crippen LogP contribution in [-0.4, -0.2) is 6.71 Å². The third-order valence-corrected chi connectivity index (χ3v) is 11.7. The van der Waals surface area contributed by atoms with E-state index in [1.807, 2.05) is 0 Å². The van der Waals surface area contributed by atoms with Crippen molar-refractivity contribution in [3.63, 3.8) is 0 Å². The molecule has 2 heterocycles. The molecule has 5 aromatic carbocycles. The molecule has 0 unspecified atom stereocenters. The summed E-state index contributed by atoms with van der Waals surface area (Å²) in [6, 6.07) is 36.9. The van der Waals surface area contributed by atoms with Crippen molar-refractivity contribution < 1.29 is 4.74 Å². The van der Waals surface area contributed by atoms with E-state index in [0.717, 1.165) is 11.5 Å². The first-order chi connectivity index (χ1) is 23.0. The number of hydrogen-bond acceptors (Lipinski definition) is 2. The van der Waals surface area contributed by atoms with Gasteiger partial charge < -0.3 is 9.64 Å². The molecule has 0 atom stereocenters. The van der Waals surface area contributed by atoms with Crippen molar-refractivity contribution >= 4 is 40.2 Å². The van der Waals surface area contributed by atoms with E-state index in [2.05, 4.69) is 171 Å². The molecule has 49 heavy (non-hydrogen) atoms. The van der Waals surface area contributed by atoms with Crippen LogP contribution >= 0.6 is 0 Å². The van der Waals surface area contributed by atoms with Crippen LogP contribution in [0.4, 0.5) is 17.1 Å². The molecule has 3 heteroatoms. The summed E-state index contributed by atoms with van der Waals surface area (Å²) in [4.78, 5) is 2.50. The second kappa shape index (κ2) is 10.6. The summed E-state index contributed by atoms with van der Waals surface area (Å²) in [6.45, 7) is 23.6. The minimum absolute atomic E-state index is 0.0182. The average Bonchev–Trinajstić information content (AvgIpc) is 3.05. The van der Waals surface area contributed by atoms with Crippen LogP contribution in [0.5, 0.6) is 11.5 Å². The van der Waals surface area contributed by atoms with E-state index in [4.69, 9.17) is 4.74 Å². The van der Waals surface area contributed by atoms with Crippen LogP contribution in [0.3, 0.4) is 0 Å². The van der Waals surface area contributed by atoms with Gasteiger partial charge in [0.15, 0.2) is 0 Å². The monoisotopic (exact) mass is 643 g/mol. The van der Waals surface area contributed by atoms with Crippen LogP contribution in [-0.2, 0) is 21.7 Å². The summed E-state index contributed by atoms with van der Waals surface area (Å²) in [5.74, 6) is 1.97. The van der Waals surface area contributed by atoms with E-state index in [1.165, 1.54) is 79.7 Å². The smallest absolute Gasteiger partial charge is 0.256 e. The highest BCUT2D eigenvalue weighted by Crippen LogP contribution is 2.49. The third-order valence-electron chi connectivity index (χ3n) is 11.7. The Morgan fingerprint density at radius 3 is 1.82 bits per heavy atom. The normalized spacial score (nSPS) is 17.0. The first-order valence-electron chi connectivity index (χ1n) is 18.2. The molecule has 8 rings (SSSR count). The zero-order valence-corrected chi connectivity index (χ0v) is 31.1. The minimum atomic E-state index is 0.0182. The summed E-state index contributed by atoms with van der Waals surface area (Å²) in [5.41, 5.74) is 15.8. The number of hydrogen-bond donors (Lipinski definition) is 0. The van der Waals surface area contributed by atoms with Crippen molar-refractivity contribution in [2.75, 3.05) is 4.90 Å². The van der Waals surface area contributed by atoms with Crippen LogP contribution in [0.15, 0.2) is 97.1 Å². The molecule has 0 spiro atoms. The third kappa shape index (κ3) is 5.15. The van der Waals surface area contributed by atoms with Crippen molar-refractivity contribution in [2.45, 2.75) is 104 Å². The maximum absolute atomic E-state index is 7.15. The lowest BCUT2D eigenvalue weighted by atomic mass is 9.33. The molecule has 0 fully saturated rings. The van der Waals surface area contributed by atoms with Gasteiger partial charge in [-0.15, -0.1) is 0 Å². The van der Waals surface area contributed by atoms with Crippen LogP contribution in [0, 0.1) is 0 Å². The van der Waals surface area contributed by atoms with E-state index in [9.17, 15) is 0 Å². The maximum Gasteiger partial charge on any atom is 0.256 e. The largest absolute Gasteiger partial charge is 0.458 e. The molecule has 0 bridgehead atoms. The van der Waals surface area contributed by atoms with E-state index in [-0.39, 0.29) is 28.4 Å². The van der Waals surface area contributed by atoms with Gasteiger partial charge in [0.25, 0.3) is 6.71 Å². The lowest BCUT2D eigenvalue weighted by molar-refractivity contribution is 0.330. The minimum Gasteiger partial charge on any atom is -0.458 e. The fourth-order valence-corrected chi connectivity index (χ4v) is 8.46. The Morgan fingerprint density at radius 2 is 1.18 bits per heavy atom. The van der Waals surface area contributed by atoms with E-state index >= 15 is 0 Å². The van der Waals surface area contributed by atoms with E-state index in [1.54, 1.807) is 0 Å². The van der Waals surface area contributed by atoms with Crippen molar-refractivity contribution in [3.8, 4) is 22.6 Å². The topological polar surface area (TPSA) is 12.5 Å².